The molecule has 1 heterocycles. The first-order chi connectivity index (χ1) is 13.8. The second-order valence-electron chi connectivity index (χ2n) is 7.51. The Morgan fingerprint density at radius 1 is 1.00 bits per heavy atom. The minimum atomic E-state index is -0.603. The third-order valence-electron chi connectivity index (χ3n) is 5.15. The zero-order valence-electron chi connectivity index (χ0n) is 17.2. The van der Waals surface area contributed by atoms with Crippen molar-refractivity contribution >= 4 is 23.4 Å². The number of hydrogen-bond acceptors (Lipinski definition) is 3. The van der Waals surface area contributed by atoms with E-state index < -0.39 is 6.10 Å². The Hall–Kier alpha value is -2.53. The number of rotatable bonds is 4. The highest BCUT2D eigenvalue weighted by molar-refractivity contribution is 6.30. The molecule has 154 valence electrons. The molecule has 1 unspecified atom stereocenters. The van der Waals surface area contributed by atoms with Gasteiger partial charge in [-0.25, -0.2) is 0 Å². The number of carbonyl (C=O) groups is 2. The molecule has 1 atom stereocenters. The van der Waals surface area contributed by atoms with E-state index >= 15 is 0 Å². The van der Waals surface area contributed by atoms with Gasteiger partial charge in [0.25, 0.3) is 11.8 Å². The average Bonchev–Trinajstić information content (AvgIpc) is 2.95. The van der Waals surface area contributed by atoms with Gasteiger partial charge in [-0.15, -0.1) is 0 Å². The standard InChI is InChI=1S/C23H27ClN2O3/c1-16-6-4-7-19(14-16)23(28)26-11-5-10-25(12-13-26)22(27)18(3)29-21-9-8-20(24)15-17(21)2/h4,6-9,14-15,18H,5,10-13H2,1-3H3. The van der Waals surface area contributed by atoms with Gasteiger partial charge in [0.2, 0.25) is 0 Å². The Morgan fingerprint density at radius 3 is 2.45 bits per heavy atom. The molecule has 0 aromatic heterocycles. The lowest BCUT2D eigenvalue weighted by atomic mass is 10.1. The molecule has 2 aromatic carbocycles. The first-order valence-corrected chi connectivity index (χ1v) is 10.3. The van der Waals surface area contributed by atoms with E-state index in [1.165, 1.54) is 0 Å². The van der Waals surface area contributed by atoms with Gasteiger partial charge >= 0.3 is 0 Å². The fourth-order valence-corrected chi connectivity index (χ4v) is 3.77. The molecule has 0 aliphatic carbocycles. The molecule has 1 fully saturated rings. The fraction of sp³-hybridized carbons (Fsp3) is 0.391. The fourth-order valence-electron chi connectivity index (χ4n) is 3.54. The monoisotopic (exact) mass is 414 g/mol. The quantitative estimate of drug-likeness (QED) is 0.756. The number of hydrogen-bond donors (Lipinski definition) is 0. The van der Waals surface area contributed by atoms with E-state index in [9.17, 15) is 9.59 Å². The Morgan fingerprint density at radius 2 is 1.72 bits per heavy atom. The van der Waals surface area contributed by atoms with E-state index in [0.717, 1.165) is 17.5 Å². The summed E-state index contributed by atoms with van der Waals surface area (Å²) < 4.78 is 5.88. The molecular formula is C23H27ClN2O3. The summed E-state index contributed by atoms with van der Waals surface area (Å²) in [5, 5.41) is 0.639. The van der Waals surface area contributed by atoms with Gasteiger partial charge in [0.15, 0.2) is 6.10 Å². The maximum Gasteiger partial charge on any atom is 0.263 e. The van der Waals surface area contributed by atoms with Gasteiger partial charge in [0, 0.05) is 36.8 Å². The van der Waals surface area contributed by atoms with Crippen LogP contribution in [0.1, 0.15) is 34.8 Å². The van der Waals surface area contributed by atoms with Gasteiger partial charge in [-0.05, 0) is 63.1 Å². The van der Waals surface area contributed by atoms with Crippen LogP contribution in [-0.4, -0.2) is 53.9 Å². The summed E-state index contributed by atoms with van der Waals surface area (Å²) in [5.74, 6) is 0.606. The van der Waals surface area contributed by atoms with E-state index in [4.69, 9.17) is 16.3 Å². The van der Waals surface area contributed by atoms with Crippen LogP contribution < -0.4 is 4.74 Å². The van der Waals surface area contributed by atoms with E-state index in [1.54, 1.807) is 24.0 Å². The molecule has 0 radical (unpaired) electrons. The number of halogens is 1. The molecule has 6 heteroatoms. The number of aryl methyl sites for hydroxylation is 2. The molecule has 29 heavy (non-hydrogen) atoms. The SMILES string of the molecule is Cc1cccc(C(=O)N2CCCN(C(=O)C(C)Oc3ccc(Cl)cc3C)CC2)c1. The zero-order chi connectivity index (χ0) is 21.0. The van der Waals surface area contributed by atoms with Crippen LogP contribution in [0, 0.1) is 13.8 Å². The summed E-state index contributed by atoms with van der Waals surface area (Å²) >= 11 is 5.99. The molecule has 0 bridgehead atoms. The maximum absolute atomic E-state index is 12.9. The van der Waals surface area contributed by atoms with Gasteiger partial charge in [-0.3, -0.25) is 9.59 Å². The van der Waals surface area contributed by atoms with Crippen LogP contribution >= 0.6 is 11.6 Å². The Kier molecular flexibility index (Phi) is 6.80. The highest BCUT2D eigenvalue weighted by Gasteiger charge is 2.26. The minimum Gasteiger partial charge on any atom is -0.481 e. The molecule has 1 aliphatic heterocycles. The molecule has 2 aromatic rings. The maximum atomic E-state index is 12.9. The highest BCUT2D eigenvalue weighted by Crippen LogP contribution is 2.23. The third-order valence-corrected chi connectivity index (χ3v) is 5.38. The van der Waals surface area contributed by atoms with E-state index in [2.05, 4.69) is 0 Å². The predicted octanol–water partition coefficient (Wildman–Crippen LogP) is 4.10. The molecule has 1 saturated heterocycles. The second kappa shape index (κ2) is 9.31. The molecule has 5 nitrogen and oxygen atoms in total. The van der Waals surface area contributed by atoms with Crippen molar-refractivity contribution in [2.45, 2.75) is 33.3 Å². The van der Waals surface area contributed by atoms with Gasteiger partial charge in [0.05, 0.1) is 0 Å². The lowest BCUT2D eigenvalue weighted by molar-refractivity contribution is -0.137. The number of nitrogens with zero attached hydrogens (tertiary/aromatic N) is 2. The molecule has 0 saturated carbocycles. The predicted molar refractivity (Wildman–Crippen MR) is 115 cm³/mol. The van der Waals surface area contributed by atoms with Crippen LogP contribution in [0.5, 0.6) is 5.75 Å². The summed E-state index contributed by atoms with van der Waals surface area (Å²) in [6, 6.07) is 13.0. The molecule has 1 aliphatic rings. The van der Waals surface area contributed by atoms with E-state index in [0.29, 0.717) is 42.5 Å². The average molecular weight is 415 g/mol. The van der Waals surface area contributed by atoms with Crippen LogP contribution in [0.25, 0.3) is 0 Å². The summed E-state index contributed by atoms with van der Waals surface area (Å²) in [5.41, 5.74) is 2.65. The molecule has 2 amide bonds. The Balaban J connectivity index is 1.60. The Labute approximate surface area is 177 Å². The van der Waals surface area contributed by atoms with Crippen molar-refractivity contribution in [2.24, 2.45) is 0 Å². The van der Waals surface area contributed by atoms with Gasteiger partial charge in [-0.1, -0.05) is 29.3 Å². The minimum absolute atomic E-state index is 0.0177. The first-order valence-electron chi connectivity index (χ1n) is 9.92. The largest absolute Gasteiger partial charge is 0.481 e. The van der Waals surface area contributed by atoms with Crippen molar-refractivity contribution < 1.29 is 14.3 Å². The highest BCUT2D eigenvalue weighted by atomic mass is 35.5. The van der Waals surface area contributed by atoms with Crippen LogP contribution in [-0.2, 0) is 4.79 Å². The molecular weight excluding hydrogens is 388 g/mol. The lowest BCUT2D eigenvalue weighted by Gasteiger charge is -2.25. The second-order valence-corrected chi connectivity index (χ2v) is 7.95. The number of carbonyl (C=O) groups excluding carboxylic acids is 2. The van der Waals surface area contributed by atoms with E-state index in [-0.39, 0.29) is 11.8 Å². The number of benzene rings is 2. The van der Waals surface area contributed by atoms with Gasteiger partial charge in [0.1, 0.15) is 5.75 Å². The first kappa shape index (κ1) is 21.2. The molecule has 0 spiro atoms. The van der Waals surface area contributed by atoms with Gasteiger partial charge in [-0.2, -0.15) is 0 Å². The topological polar surface area (TPSA) is 49.9 Å². The number of ether oxygens (including phenoxy) is 1. The zero-order valence-corrected chi connectivity index (χ0v) is 17.9. The van der Waals surface area contributed by atoms with Crippen LogP contribution in [0.2, 0.25) is 5.02 Å². The lowest BCUT2D eigenvalue weighted by Crippen LogP contribution is -2.43. The number of amides is 2. The van der Waals surface area contributed by atoms with Crippen LogP contribution in [0.4, 0.5) is 0 Å². The molecule has 0 N–H and O–H groups in total. The third kappa shape index (κ3) is 5.30. The van der Waals surface area contributed by atoms with Crippen LogP contribution in [0.3, 0.4) is 0 Å². The van der Waals surface area contributed by atoms with E-state index in [1.807, 2.05) is 49.1 Å². The van der Waals surface area contributed by atoms with Crippen molar-refractivity contribution in [3.63, 3.8) is 0 Å². The van der Waals surface area contributed by atoms with Crippen LogP contribution in [0.15, 0.2) is 42.5 Å². The summed E-state index contributed by atoms with van der Waals surface area (Å²) in [6.45, 7) is 7.92. The van der Waals surface area contributed by atoms with Crippen molar-refractivity contribution in [1.82, 2.24) is 9.80 Å². The Bertz CT molecular complexity index is 899. The summed E-state index contributed by atoms with van der Waals surface area (Å²) in [4.78, 5) is 29.3. The molecule has 3 rings (SSSR count). The summed E-state index contributed by atoms with van der Waals surface area (Å²) in [6.07, 6.45) is 0.143. The van der Waals surface area contributed by atoms with Crippen molar-refractivity contribution in [1.29, 1.82) is 0 Å². The smallest absolute Gasteiger partial charge is 0.263 e. The summed E-state index contributed by atoms with van der Waals surface area (Å²) in [7, 11) is 0. The van der Waals surface area contributed by atoms with Gasteiger partial charge < -0.3 is 14.5 Å². The van der Waals surface area contributed by atoms with Crippen molar-refractivity contribution in [3.8, 4) is 5.75 Å². The van der Waals surface area contributed by atoms with Crippen molar-refractivity contribution in [2.75, 3.05) is 26.2 Å². The van der Waals surface area contributed by atoms with Crippen molar-refractivity contribution in [3.05, 3.63) is 64.2 Å². The normalized spacial score (nSPS) is 15.6.